The molecule has 136 valence electrons. The summed E-state index contributed by atoms with van der Waals surface area (Å²) in [4.78, 5) is 17.1. The van der Waals surface area contributed by atoms with E-state index in [0.29, 0.717) is 12.1 Å². The first-order valence-corrected chi connectivity index (χ1v) is 11.1. The van der Waals surface area contributed by atoms with Gasteiger partial charge in [0.1, 0.15) is 0 Å². The average molecular weight is 408 g/mol. The number of hydrogen-bond acceptors (Lipinski definition) is 6. The minimum absolute atomic E-state index is 0.00592. The van der Waals surface area contributed by atoms with Gasteiger partial charge >= 0.3 is 0 Å². The Morgan fingerprint density at radius 2 is 1.92 bits per heavy atom. The number of nitrogens with zero attached hydrogens (tertiary/aromatic N) is 1. The first kappa shape index (κ1) is 18.8. The zero-order chi connectivity index (χ0) is 18.7. The first-order chi connectivity index (χ1) is 12.4. The number of benzene rings is 2. The molecule has 3 N–H and O–H groups in total. The lowest BCUT2D eigenvalue weighted by atomic mass is 10.3. The van der Waals surface area contributed by atoms with Crippen molar-refractivity contribution >= 4 is 54.9 Å². The molecule has 0 radical (unpaired) electrons. The van der Waals surface area contributed by atoms with Gasteiger partial charge in [-0.25, -0.2) is 18.5 Å². The van der Waals surface area contributed by atoms with Gasteiger partial charge in [0.15, 0.2) is 4.34 Å². The number of sulfonamides is 1. The number of carbonyl (C=O) groups is 1. The molecule has 0 aliphatic heterocycles. The molecule has 3 aromatic rings. The lowest BCUT2D eigenvalue weighted by molar-refractivity contribution is -0.115. The van der Waals surface area contributed by atoms with E-state index in [9.17, 15) is 13.2 Å². The number of fused-ring (bicyclic) bond motifs is 1. The van der Waals surface area contributed by atoms with Gasteiger partial charge in [0.2, 0.25) is 15.9 Å². The minimum atomic E-state index is -3.75. The van der Waals surface area contributed by atoms with E-state index >= 15 is 0 Å². The number of amides is 1. The van der Waals surface area contributed by atoms with Crippen LogP contribution in [0.3, 0.4) is 0 Å². The maximum atomic E-state index is 12.5. The highest BCUT2D eigenvalue weighted by atomic mass is 32.2. The zero-order valence-electron chi connectivity index (χ0n) is 13.9. The number of para-hydroxylation sites is 1. The minimum Gasteiger partial charge on any atom is -0.325 e. The van der Waals surface area contributed by atoms with E-state index in [1.165, 1.54) is 36.0 Å². The van der Waals surface area contributed by atoms with E-state index < -0.39 is 10.0 Å². The van der Waals surface area contributed by atoms with Crippen LogP contribution in [0.25, 0.3) is 10.2 Å². The van der Waals surface area contributed by atoms with Crippen LogP contribution in [0.2, 0.25) is 0 Å². The van der Waals surface area contributed by atoms with Crippen molar-refractivity contribution in [3.05, 3.63) is 48.5 Å². The van der Waals surface area contributed by atoms with Crippen LogP contribution >= 0.6 is 23.1 Å². The van der Waals surface area contributed by atoms with Crippen LogP contribution in [0, 0.1) is 0 Å². The number of primary sulfonamides is 1. The third-order valence-electron chi connectivity index (χ3n) is 3.63. The van der Waals surface area contributed by atoms with E-state index in [0.717, 1.165) is 14.6 Å². The summed E-state index contributed by atoms with van der Waals surface area (Å²) in [5.41, 5.74) is 1.44. The van der Waals surface area contributed by atoms with Crippen LogP contribution in [0.5, 0.6) is 0 Å². The number of hydrogen-bond donors (Lipinski definition) is 2. The summed E-state index contributed by atoms with van der Waals surface area (Å²) >= 11 is 2.99. The summed E-state index contributed by atoms with van der Waals surface area (Å²) in [6.45, 7) is 1.94. The van der Waals surface area contributed by atoms with E-state index in [1.807, 2.05) is 31.2 Å². The maximum absolute atomic E-state index is 12.5. The van der Waals surface area contributed by atoms with Crippen molar-refractivity contribution in [1.29, 1.82) is 0 Å². The molecular formula is C17H17N3O3S3. The number of carbonyl (C=O) groups excluding carboxylic acids is 1. The molecular weight excluding hydrogens is 390 g/mol. The highest BCUT2D eigenvalue weighted by Gasteiger charge is 2.20. The van der Waals surface area contributed by atoms with Crippen molar-refractivity contribution in [2.24, 2.45) is 5.14 Å². The predicted octanol–water partition coefficient (Wildman–Crippen LogP) is 3.45. The summed E-state index contributed by atoms with van der Waals surface area (Å²) in [6, 6.07) is 13.6. The molecule has 1 heterocycles. The molecule has 0 fully saturated rings. The fourth-order valence-electron chi connectivity index (χ4n) is 2.30. The number of anilines is 1. The van der Waals surface area contributed by atoms with E-state index in [2.05, 4.69) is 10.3 Å². The highest BCUT2D eigenvalue weighted by molar-refractivity contribution is 8.02. The SMILES string of the molecule is CC[C@H](Sc1nc2ccccc2s1)C(=O)Nc1ccc(S(N)(=O)=O)cc1. The summed E-state index contributed by atoms with van der Waals surface area (Å²) in [7, 11) is -3.75. The van der Waals surface area contributed by atoms with E-state index in [4.69, 9.17) is 5.14 Å². The molecule has 0 saturated heterocycles. The van der Waals surface area contributed by atoms with Gasteiger partial charge in [-0.05, 0) is 42.8 Å². The molecule has 0 aliphatic rings. The number of thiazole rings is 1. The Balaban J connectivity index is 1.70. The van der Waals surface area contributed by atoms with Crippen molar-refractivity contribution in [1.82, 2.24) is 4.98 Å². The fraction of sp³-hybridized carbons (Fsp3) is 0.176. The van der Waals surface area contributed by atoms with Crippen LogP contribution in [0.4, 0.5) is 5.69 Å². The van der Waals surface area contributed by atoms with Crippen molar-refractivity contribution in [2.45, 2.75) is 27.8 Å². The Kier molecular flexibility index (Phi) is 5.61. The Hall–Kier alpha value is -1.94. The summed E-state index contributed by atoms with van der Waals surface area (Å²) < 4.78 is 24.5. The molecule has 26 heavy (non-hydrogen) atoms. The Labute approximate surface area is 159 Å². The summed E-state index contributed by atoms with van der Waals surface area (Å²) in [5.74, 6) is -0.153. The van der Waals surface area contributed by atoms with Crippen molar-refractivity contribution in [3.8, 4) is 0 Å². The molecule has 1 aromatic heterocycles. The zero-order valence-corrected chi connectivity index (χ0v) is 16.3. The Morgan fingerprint density at radius 3 is 2.54 bits per heavy atom. The monoisotopic (exact) mass is 407 g/mol. The lowest BCUT2D eigenvalue weighted by Gasteiger charge is -2.13. The molecule has 2 aromatic carbocycles. The topological polar surface area (TPSA) is 102 Å². The van der Waals surface area contributed by atoms with Gasteiger partial charge in [-0.1, -0.05) is 30.8 Å². The quantitative estimate of drug-likeness (QED) is 0.609. The molecule has 9 heteroatoms. The fourth-order valence-corrected chi connectivity index (χ4v) is 5.05. The molecule has 0 bridgehead atoms. The van der Waals surface area contributed by atoms with Crippen LogP contribution in [0.15, 0.2) is 57.8 Å². The third kappa shape index (κ3) is 4.42. The van der Waals surface area contributed by atoms with Gasteiger partial charge in [0, 0.05) is 5.69 Å². The van der Waals surface area contributed by atoms with Gasteiger partial charge in [0.25, 0.3) is 0 Å². The average Bonchev–Trinajstić information content (AvgIpc) is 3.01. The standard InChI is InChI=1S/C17H17N3O3S3/c1-2-14(24-17-20-13-5-3-4-6-15(13)25-17)16(21)19-11-7-9-12(10-8-11)26(18,22)23/h3-10,14H,2H2,1H3,(H,19,21)(H2,18,22,23)/t14-/m0/s1. The molecule has 6 nitrogen and oxygen atoms in total. The summed E-state index contributed by atoms with van der Waals surface area (Å²) in [5, 5.41) is 7.58. The molecule has 1 amide bonds. The molecule has 0 spiro atoms. The second-order valence-corrected chi connectivity index (χ2v) is 9.56. The van der Waals surface area contributed by atoms with Gasteiger partial charge in [-0.3, -0.25) is 4.79 Å². The van der Waals surface area contributed by atoms with Crippen LogP contribution in [-0.2, 0) is 14.8 Å². The lowest BCUT2D eigenvalue weighted by Crippen LogP contribution is -2.24. The van der Waals surface area contributed by atoms with E-state index in [1.54, 1.807) is 11.3 Å². The van der Waals surface area contributed by atoms with Gasteiger partial charge < -0.3 is 5.32 Å². The largest absolute Gasteiger partial charge is 0.325 e. The molecule has 0 aliphatic carbocycles. The second-order valence-electron chi connectivity index (χ2n) is 5.52. The van der Waals surface area contributed by atoms with Gasteiger partial charge in [0.05, 0.1) is 20.4 Å². The smallest absolute Gasteiger partial charge is 0.238 e. The van der Waals surface area contributed by atoms with Gasteiger partial charge in [-0.2, -0.15) is 0 Å². The number of nitrogens with one attached hydrogen (secondary N) is 1. The number of nitrogens with two attached hydrogens (primary N) is 1. The molecule has 0 unspecified atom stereocenters. The normalized spacial score (nSPS) is 12.8. The highest BCUT2D eigenvalue weighted by Crippen LogP contribution is 2.33. The first-order valence-electron chi connectivity index (χ1n) is 7.83. The Bertz CT molecular complexity index is 997. The van der Waals surface area contributed by atoms with Crippen LogP contribution < -0.4 is 10.5 Å². The number of rotatable bonds is 6. The number of aromatic nitrogens is 1. The molecule has 0 saturated carbocycles. The van der Waals surface area contributed by atoms with Crippen molar-refractivity contribution < 1.29 is 13.2 Å². The van der Waals surface area contributed by atoms with E-state index in [-0.39, 0.29) is 16.1 Å². The van der Waals surface area contributed by atoms with Crippen LogP contribution in [-0.4, -0.2) is 24.6 Å². The second kappa shape index (κ2) is 7.75. The van der Waals surface area contributed by atoms with Crippen molar-refractivity contribution in [3.63, 3.8) is 0 Å². The number of thioether (sulfide) groups is 1. The van der Waals surface area contributed by atoms with Crippen LogP contribution in [0.1, 0.15) is 13.3 Å². The third-order valence-corrected chi connectivity index (χ3v) is 7.05. The molecule has 1 atom stereocenters. The Morgan fingerprint density at radius 1 is 1.23 bits per heavy atom. The summed E-state index contributed by atoms with van der Waals surface area (Å²) in [6.07, 6.45) is 0.641. The molecule has 3 rings (SSSR count). The predicted molar refractivity (Wildman–Crippen MR) is 106 cm³/mol. The van der Waals surface area contributed by atoms with Gasteiger partial charge in [-0.15, -0.1) is 11.3 Å². The maximum Gasteiger partial charge on any atom is 0.238 e. The van der Waals surface area contributed by atoms with Crippen molar-refractivity contribution in [2.75, 3.05) is 5.32 Å².